The number of hydrogen-bond acceptors (Lipinski definition) is 2. The summed E-state index contributed by atoms with van der Waals surface area (Å²) in [4.78, 5) is 0. The highest BCUT2D eigenvalue weighted by atomic mass is 16.5. The Balaban J connectivity index is 2.42. The largest absolute Gasteiger partial charge is 0.378 e. The normalized spacial score (nSPS) is 23.4. The van der Waals surface area contributed by atoms with Crippen LogP contribution in [0.1, 0.15) is 46.0 Å². The summed E-state index contributed by atoms with van der Waals surface area (Å²) in [6, 6.07) is 0. The van der Waals surface area contributed by atoms with E-state index >= 15 is 0 Å². The molecule has 1 heterocycles. The Morgan fingerprint density at radius 3 is 2.50 bits per heavy atom. The molecule has 0 spiro atoms. The molecule has 0 aliphatic carbocycles. The Morgan fingerprint density at radius 1 is 1.36 bits per heavy atom. The molecule has 14 heavy (non-hydrogen) atoms. The summed E-state index contributed by atoms with van der Waals surface area (Å²) in [7, 11) is 1.88. The van der Waals surface area contributed by atoms with Crippen molar-refractivity contribution in [3.63, 3.8) is 0 Å². The first-order valence-electron chi connectivity index (χ1n) is 5.98. The monoisotopic (exact) mass is 199 g/mol. The van der Waals surface area contributed by atoms with Gasteiger partial charge < -0.3 is 10.1 Å². The SMILES string of the molecule is CCCC(C)CC1(OC)CCNCC1. The fraction of sp³-hybridized carbons (Fsp3) is 1.00. The molecular weight excluding hydrogens is 174 g/mol. The molecule has 1 rings (SSSR count). The highest BCUT2D eigenvalue weighted by Gasteiger charge is 2.32. The predicted molar refractivity (Wildman–Crippen MR) is 60.5 cm³/mol. The van der Waals surface area contributed by atoms with Crippen molar-refractivity contribution in [2.75, 3.05) is 20.2 Å². The number of nitrogens with one attached hydrogen (secondary N) is 1. The molecule has 2 heteroatoms. The van der Waals surface area contributed by atoms with E-state index in [1.807, 2.05) is 7.11 Å². The van der Waals surface area contributed by atoms with Crippen LogP contribution in [0.5, 0.6) is 0 Å². The summed E-state index contributed by atoms with van der Waals surface area (Å²) in [5, 5.41) is 3.40. The summed E-state index contributed by atoms with van der Waals surface area (Å²) >= 11 is 0. The Morgan fingerprint density at radius 2 is 2.00 bits per heavy atom. The lowest BCUT2D eigenvalue weighted by atomic mass is 9.82. The Hall–Kier alpha value is -0.0800. The molecule has 0 radical (unpaired) electrons. The minimum Gasteiger partial charge on any atom is -0.378 e. The zero-order valence-corrected chi connectivity index (χ0v) is 9.94. The van der Waals surface area contributed by atoms with Crippen molar-refractivity contribution in [3.8, 4) is 0 Å². The van der Waals surface area contributed by atoms with Crippen molar-refractivity contribution >= 4 is 0 Å². The zero-order chi connectivity index (χ0) is 10.4. The van der Waals surface area contributed by atoms with Gasteiger partial charge >= 0.3 is 0 Å². The molecule has 84 valence electrons. The molecule has 1 aliphatic heterocycles. The number of piperidine rings is 1. The van der Waals surface area contributed by atoms with E-state index in [1.54, 1.807) is 0 Å². The van der Waals surface area contributed by atoms with Crippen molar-refractivity contribution in [1.82, 2.24) is 5.32 Å². The summed E-state index contributed by atoms with van der Waals surface area (Å²) in [5.74, 6) is 0.804. The maximum atomic E-state index is 5.76. The van der Waals surface area contributed by atoms with E-state index in [4.69, 9.17) is 4.74 Å². The maximum Gasteiger partial charge on any atom is 0.0705 e. The molecule has 0 aromatic carbocycles. The predicted octanol–water partition coefficient (Wildman–Crippen LogP) is 2.58. The van der Waals surface area contributed by atoms with Gasteiger partial charge in [0.05, 0.1) is 5.60 Å². The van der Waals surface area contributed by atoms with Crippen LogP contribution in [0.3, 0.4) is 0 Å². The lowest BCUT2D eigenvalue weighted by Crippen LogP contribution is -2.44. The molecule has 1 saturated heterocycles. The van der Waals surface area contributed by atoms with Gasteiger partial charge in [0.25, 0.3) is 0 Å². The van der Waals surface area contributed by atoms with E-state index in [0.29, 0.717) is 0 Å². The van der Waals surface area contributed by atoms with Gasteiger partial charge in [-0.25, -0.2) is 0 Å². The van der Waals surface area contributed by atoms with E-state index in [1.165, 1.54) is 32.1 Å². The van der Waals surface area contributed by atoms with E-state index in [-0.39, 0.29) is 5.60 Å². The molecule has 1 N–H and O–H groups in total. The van der Waals surface area contributed by atoms with Crippen LogP contribution in [0, 0.1) is 5.92 Å². The Bertz CT molecular complexity index is 152. The van der Waals surface area contributed by atoms with Gasteiger partial charge in [-0.2, -0.15) is 0 Å². The number of rotatable bonds is 5. The van der Waals surface area contributed by atoms with Gasteiger partial charge in [0.1, 0.15) is 0 Å². The molecule has 1 atom stereocenters. The molecular formula is C12H25NO. The molecule has 0 aromatic rings. The van der Waals surface area contributed by atoms with Crippen molar-refractivity contribution < 1.29 is 4.74 Å². The van der Waals surface area contributed by atoms with E-state index in [2.05, 4.69) is 19.2 Å². The van der Waals surface area contributed by atoms with Crippen molar-refractivity contribution in [1.29, 1.82) is 0 Å². The quantitative estimate of drug-likeness (QED) is 0.735. The molecule has 1 unspecified atom stereocenters. The van der Waals surface area contributed by atoms with Crippen LogP contribution in [0.2, 0.25) is 0 Å². The van der Waals surface area contributed by atoms with Gasteiger partial charge in [-0.15, -0.1) is 0 Å². The average molecular weight is 199 g/mol. The minimum atomic E-state index is 0.180. The van der Waals surface area contributed by atoms with Gasteiger partial charge in [0, 0.05) is 7.11 Å². The van der Waals surface area contributed by atoms with E-state index < -0.39 is 0 Å². The van der Waals surface area contributed by atoms with Gasteiger partial charge in [-0.05, 0) is 38.3 Å². The Labute approximate surface area is 88.4 Å². The second-order valence-electron chi connectivity index (χ2n) is 4.74. The first-order chi connectivity index (χ1) is 6.72. The molecule has 0 amide bonds. The van der Waals surface area contributed by atoms with Crippen molar-refractivity contribution in [2.24, 2.45) is 5.92 Å². The third-order valence-electron chi connectivity index (χ3n) is 3.45. The van der Waals surface area contributed by atoms with Crippen LogP contribution in [-0.4, -0.2) is 25.8 Å². The summed E-state index contributed by atoms with van der Waals surface area (Å²) in [5.41, 5.74) is 0.180. The highest BCUT2D eigenvalue weighted by molar-refractivity contribution is 4.87. The first kappa shape index (κ1) is 12.0. The van der Waals surface area contributed by atoms with Gasteiger partial charge in [0.2, 0.25) is 0 Å². The number of hydrogen-bond donors (Lipinski definition) is 1. The first-order valence-corrected chi connectivity index (χ1v) is 5.98. The fourth-order valence-corrected chi connectivity index (χ4v) is 2.60. The van der Waals surface area contributed by atoms with Crippen LogP contribution in [-0.2, 0) is 4.74 Å². The molecule has 0 bridgehead atoms. The molecule has 0 aromatic heterocycles. The smallest absolute Gasteiger partial charge is 0.0705 e. The lowest BCUT2D eigenvalue weighted by molar-refractivity contribution is -0.0507. The van der Waals surface area contributed by atoms with Gasteiger partial charge in [-0.1, -0.05) is 26.7 Å². The van der Waals surface area contributed by atoms with E-state index in [9.17, 15) is 0 Å². The standard InChI is InChI=1S/C12H25NO/c1-4-5-11(2)10-12(14-3)6-8-13-9-7-12/h11,13H,4-10H2,1-3H3. The highest BCUT2D eigenvalue weighted by Crippen LogP contribution is 2.31. The number of methoxy groups -OCH3 is 1. The molecule has 1 aliphatic rings. The second kappa shape index (κ2) is 5.72. The van der Waals surface area contributed by atoms with E-state index in [0.717, 1.165) is 19.0 Å². The second-order valence-corrected chi connectivity index (χ2v) is 4.74. The van der Waals surface area contributed by atoms with Crippen molar-refractivity contribution in [2.45, 2.75) is 51.6 Å². The van der Waals surface area contributed by atoms with Crippen LogP contribution in [0.4, 0.5) is 0 Å². The molecule has 1 fully saturated rings. The van der Waals surface area contributed by atoms with Crippen LogP contribution in [0.25, 0.3) is 0 Å². The maximum absolute atomic E-state index is 5.76. The van der Waals surface area contributed by atoms with Crippen molar-refractivity contribution in [3.05, 3.63) is 0 Å². The topological polar surface area (TPSA) is 21.3 Å². The zero-order valence-electron chi connectivity index (χ0n) is 9.94. The third-order valence-corrected chi connectivity index (χ3v) is 3.45. The average Bonchev–Trinajstić information content (AvgIpc) is 2.19. The molecule has 2 nitrogen and oxygen atoms in total. The van der Waals surface area contributed by atoms with Crippen LogP contribution < -0.4 is 5.32 Å². The fourth-order valence-electron chi connectivity index (χ4n) is 2.60. The van der Waals surface area contributed by atoms with Gasteiger partial charge in [0.15, 0.2) is 0 Å². The Kier molecular flexibility index (Phi) is 4.90. The van der Waals surface area contributed by atoms with Gasteiger partial charge in [-0.3, -0.25) is 0 Å². The van der Waals surface area contributed by atoms with Crippen LogP contribution >= 0.6 is 0 Å². The number of ether oxygens (including phenoxy) is 1. The lowest BCUT2D eigenvalue weighted by Gasteiger charge is -2.38. The third kappa shape index (κ3) is 3.25. The summed E-state index contributed by atoms with van der Waals surface area (Å²) in [6.45, 7) is 6.85. The van der Waals surface area contributed by atoms with Crippen LogP contribution in [0.15, 0.2) is 0 Å². The molecule has 0 saturated carbocycles. The summed E-state index contributed by atoms with van der Waals surface area (Å²) in [6.07, 6.45) is 6.21. The summed E-state index contributed by atoms with van der Waals surface area (Å²) < 4.78 is 5.76. The minimum absolute atomic E-state index is 0.180.